The van der Waals surface area contributed by atoms with Crippen molar-refractivity contribution in [2.75, 3.05) is 6.54 Å². The summed E-state index contributed by atoms with van der Waals surface area (Å²) in [5.41, 5.74) is 1.66. The van der Waals surface area contributed by atoms with Gasteiger partial charge in [-0.05, 0) is 30.7 Å². The molecule has 2 aromatic rings. The van der Waals surface area contributed by atoms with Gasteiger partial charge in [0.05, 0.1) is 6.04 Å². The lowest BCUT2D eigenvalue weighted by Gasteiger charge is -2.10. The van der Waals surface area contributed by atoms with Gasteiger partial charge >= 0.3 is 0 Å². The van der Waals surface area contributed by atoms with Gasteiger partial charge in [-0.2, -0.15) is 0 Å². The van der Waals surface area contributed by atoms with E-state index >= 15 is 0 Å². The number of hydrogen-bond donors (Lipinski definition) is 3. The van der Waals surface area contributed by atoms with E-state index in [-0.39, 0.29) is 17.3 Å². The lowest BCUT2D eigenvalue weighted by atomic mass is 10.1. The highest BCUT2D eigenvalue weighted by atomic mass is 16.3. The molecular weight excluding hydrogens is 266 g/mol. The molecule has 4 nitrogen and oxygen atoms in total. The minimum Gasteiger partial charge on any atom is -0.504 e. The monoisotopic (exact) mass is 286 g/mol. The van der Waals surface area contributed by atoms with E-state index in [4.69, 9.17) is 0 Å². The molecule has 2 rings (SSSR count). The Labute approximate surface area is 124 Å². The van der Waals surface area contributed by atoms with Crippen LogP contribution >= 0.6 is 0 Å². The number of aromatic hydroxyl groups is 2. The Morgan fingerprint density at radius 2 is 1.81 bits per heavy atom. The Hall–Kier alpha value is -2.33. The molecule has 0 saturated heterocycles. The molecule has 0 aliphatic heterocycles. The van der Waals surface area contributed by atoms with Crippen LogP contribution < -0.4 is 5.32 Å². The number of carbonyl (C=O) groups excluding carboxylic acids is 1. The quantitative estimate of drug-likeness (QED) is 0.556. The zero-order valence-corrected chi connectivity index (χ0v) is 12.0. The third-order valence-corrected chi connectivity index (χ3v) is 3.40. The summed E-state index contributed by atoms with van der Waals surface area (Å²) in [4.78, 5) is 12.0. The average Bonchev–Trinajstić information content (AvgIpc) is 2.48. The summed E-state index contributed by atoms with van der Waals surface area (Å²) in [6.45, 7) is 2.40. The SMILES string of the molecule is CC(Cc1ccccc1)[NH2+]CC(=O)c1ccc(O)c(O)c1. The van der Waals surface area contributed by atoms with Gasteiger partial charge in [0, 0.05) is 12.0 Å². The normalized spacial score (nSPS) is 12.0. The zero-order valence-electron chi connectivity index (χ0n) is 12.0. The van der Waals surface area contributed by atoms with Gasteiger partial charge < -0.3 is 15.5 Å². The first-order chi connectivity index (χ1) is 10.1. The molecular formula is C17H20NO3+. The maximum Gasteiger partial charge on any atom is 0.216 e. The van der Waals surface area contributed by atoms with Crippen LogP contribution in [0.15, 0.2) is 48.5 Å². The van der Waals surface area contributed by atoms with Crippen LogP contribution in [0, 0.1) is 0 Å². The van der Waals surface area contributed by atoms with E-state index < -0.39 is 0 Å². The molecule has 4 N–H and O–H groups in total. The van der Waals surface area contributed by atoms with Gasteiger partial charge in [0.15, 0.2) is 11.5 Å². The molecule has 0 bridgehead atoms. The average molecular weight is 286 g/mol. The molecule has 0 fully saturated rings. The Bertz CT molecular complexity index is 611. The van der Waals surface area contributed by atoms with Crippen molar-refractivity contribution in [3.05, 3.63) is 59.7 Å². The maximum atomic E-state index is 12.0. The highest BCUT2D eigenvalue weighted by Crippen LogP contribution is 2.24. The second-order valence-electron chi connectivity index (χ2n) is 5.23. The topological polar surface area (TPSA) is 74.1 Å². The fourth-order valence-electron chi connectivity index (χ4n) is 2.19. The third-order valence-electron chi connectivity index (χ3n) is 3.40. The summed E-state index contributed by atoms with van der Waals surface area (Å²) in [6, 6.07) is 14.6. The first-order valence-electron chi connectivity index (χ1n) is 6.98. The van der Waals surface area contributed by atoms with Crippen LogP contribution in [0.4, 0.5) is 0 Å². The number of benzene rings is 2. The van der Waals surface area contributed by atoms with Gasteiger partial charge in [0.1, 0.15) is 6.54 Å². The summed E-state index contributed by atoms with van der Waals surface area (Å²) in [5, 5.41) is 20.6. The molecule has 0 aliphatic carbocycles. The minimum atomic E-state index is -0.266. The summed E-state index contributed by atoms with van der Waals surface area (Å²) in [7, 11) is 0. The fourth-order valence-corrected chi connectivity index (χ4v) is 2.19. The van der Waals surface area contributed by atoms with Crippen molar-refractivity contribution in [3.8, 4) is 11.5 Å². The first-order valence-corrected chi connectivity index (χ1v) is 6.98. The number of phenolic OH excluding ortho intramolecular Hbond substituents is 2. The number of carbonyl (C=O) groups is 1. The van der Waals surface area contributed by atoms with Crippen LogP contribution in [0.3, 0.4) is 0 Å². The number of nitrogens with two attached hydrogens (primary N) is 1. The Morgan fingerprint density at radius 3 is 2.48 bits per heavy atom. The van der Waals surface area contributed by atoms with Crippen molar-refractivity contribution in [1.82, 2.24) is 0 Å². The van der Waals surface area contributed by atoms with Gasteiger partial charge in [0.2, 0.25) is 5.78 Å². The largest absolute Gasteiger partial charge is 0.504 e. The Balaban J connectivity index is 1.87. The molecule has 0 aromatic heterocycles. The molecule has 0 amide bonds. The number of phenols is 2. The molecule has 1 atom stereocenters. The molecule has 21 heavy (non-hydrogen) atoms. The predicted octanol–water partition coefficient (Wildman–Crippen LogP) is 1.48. The predicted molar refractivity (Wildman–Crippen MR) is 80.5 cm³/mol. The van der Waals surface area contributed by atoms with Crippen LogP contribution in [-0.4, -0.2) is 28.6 Å². The molecule has 0 radical (unpaired) electrons. The first kappa shape index (κ1) is 15.1. The smallest absolute Gasteiger partial charge is 0.216 e. The number of rotatable bonds is 6. The highest BCUT2D eigenvalue weighted by molar-refractivity contribution is 5.97. The number of hydrogen-bond acceptors (Lipinski definition) is 3. The molecule has 2 aromatic carbocycles. The molecule has 0 aliphatic rings. The van der Waals surface area contributed by atoms with Crippen molar-refractivity contribution >= 4 is 5.78 Å². The number of Topliss-reactive ketones (excluding diaryl/α,β-unsaturated/α-hetero) is 1. The van der Waals surface area contributed by atoms with E-state index in [2.05, 4.69) is 19.1 Å². The lowest BCUT2D eigenvalue weighted by Crippen LogP contribution is -2.91. The molecule has 0 spiro atoms. The van der Waals surface area contributed by atoms with Crippen molar-refractivity contribution in [1.29, 1.82) is 0 Å². The molecule has 110 valence electrons. The van der Waals surface area contributed by atoms with Crippen LogP contribution in [0.2, 0.25) is 0 Å². The lowest BCUT2D eigenvalue weighted by molar-refractivity contribution is -0.674. The third kappa shape index (κ3) is 4.33. The molecule has 4 heteroatoms. The van der Waals surface area contributed by atoms with E-state index in [1.54, 1.807) is 0 Å². The molecule has 0 heterocycles. The van der Waals surface area contributed by atoms with E-state index in [9.17, 15) is 15.0 Å². The second kappa shape index (κ2) is 6.90. The highest BCUT2D eigenvalue weighted by Gasteiger charge is 2.13. The summed E-state index contributed by atoms with van der Waals surface area (Å²) < 4.78 is 0. The van der Waals surface area contributed by atoms with E-state index in [1.807, 2.05) is 23.5 Å². The van der Waals surface area contributed by atoms with Crippen LogP contribution in [0.5, 0.6) is 11.5 Å². The number of ketones is 1. The molecule has 0 saturated carbocycles. The minimum absolute atomic E-state index is 0.0646. The Morgan fingerprint density at radius 1 is 1.10 bits per heavy atom. The number of quaternary nitrogens is 1. The van der Waals surface area contributed by atoms with Crippen molar-refractivity contribution in [3.63, 3.8) is 0 Å². The van der Waals surface area contributed by atoms with Crippen molar-refractivity contribution in [2.45, 2.75) is 19.4 Å². The van der Waals surface area contributed by atoms with Gasteiger partial charge in [-0.25, -0.2) is 0 Å². The summed E-state index contributed by atoms with van der Waals surface area (Å²) in [6.07, 6.45) is 0.898. The second-order valence-corrected chi connectivity index (χ2v) is 5.23. The van der Waals surface area contributed by atoms with Gasteiger partial charge in [-0.15, -0.1) is 0 Å². The van der Waals surface area contributed by atoms with E-state index in [0.29, 0.717) is 18.2 Å². The van der Waals surface area contributed by atoms with Crippen molar-refractivity contribution in [2.24, 2.45) is 0 Å². The van der Waals surface area contributed by atoms with Crippen LogP contribution in [-0.2, 0) is 6.42 Å². The summed E-state index contributed by atoms with van der Waals surface area (Å²) >= 11 is 0. The Kier molecular flexibility index (Phi) is 4.95. The zero-order chi connectivity index (χ0) is 15.2. The van der Waals surface area contributed by atoms with Gasteiger partial charge in [-0.1, -0.05) is 30.3 Å². The van der Waals surface area contributed by atoms with Gasteiger partial charge in [-0.3, -0.25) is 4.79 Å². The van der Waals surface area contributed by atoms with Gasteiger partial charge in [0.25, 0.3) is 0 Å². The van der Waals surface area contributed by atoms with Crippen LogP contribution in [0.1, 0.15) is 22.8 Å². The van der Waals surface area contributed by atoms with Crippen LogP contribution in [0.25, 0.3) is 0 Å². The maximum absolute atomic E-state index is 12.0. The van der Waals surface area contributed by atoms with E-state index in [1.165, 1.54) is 23.8 Å². The standard InChI is InChI=1S/C17H19NO3/c1-12(9-13-5-3-2-4-6-13)18-11-17(21)14-7-8-15(19)16(20)10-14/h2-8,10,12,18-20H,9,11H2,1H3/p+1. The summed E-state index contributed by atoms with van der Waals surface area (Å²) in [5.74, 6) is -0.545. The molecule has 1 unspecified atom stereocenters. The van der Waals surface area contributed by atoms with Crippen molar-refractivity contribution < 1.29 is 20.3 Å². The van der Waals surface area contributed by atoms with E-state index in [0.717, 1.165) is 6.42 Å². The fraction of sp³-hybridized carbons (Fsp3) is 0.235.